The molecule has 1 unspecified atom stereocenters. The van der Waals surface area contributed by atoms with Gasteiger partial charge in [-0.25, -0.2) is 0 Å². The van der Waals surface area contributed by atoms with Crippen molar-refractivity contribution in [1.29, 1.82) is 0 Å². The van der Waals surface area contributed by atoms with Crippen molar-refractivity contribution in [2.75, 3.05) is 39.2 Å². The number of aliphatic hydroxyl groups is 1. The molecule has 1 atom stereocenters. The van der Waals surface area contributed by atoms with Crippen LogP contribution in [-0.2, 0) is 4.79 Å². The molecule has 29 heavy (non-hydrogen) atoms. The predicted octanol–water partition coefficient (Wildman–Crippen LogP) is 2.86. The molecule has 0 fully saturated rings. The van der Waals surface area contributed by atoms with Crippen molar-refractivity contribution in [3.63, 3.8) is 0 Å². The first-order valence-electron chi connectivity index (χ1n) is 9.03. The largest absolute Gasteiger partial charge is 0.493 e. The molecule has 2 aromatic carbocycles. The van der Waals surface area contributed by atoms with Crippen LogP contribution in [0, 0.1) is 0 Å². The molecule has 0 aliphatic rings. The van der Waals surface area contributed by atoms with E-state index in [4.69, 9.17) is 21.1 Å². The van der Waals surface area contributed by atoms with Crippen LogP contribution in [0.4, 0.5) is 5.69 Å². The zero-order chi connectivity index (χ0) is 21.4. The third kappa shape index (κ3) is 7.05. The van der Waals surface area contributed by atoms with Gasteiger partial charge >= 0.3 is 0 Å². The van der Waals surface area contributed by atoms with Crippen molar-refractivity contribution in [2.45, 2.75) is 13.0 Å². The van der Waals surface area contributed by atoms with E-state index in [2.05, 4.69) is 5.32 Å². The summed E-state index contributed by atoms with van der Waals surface area (Å²) in [6, 6.07) is 11.8. The Hall–Kier alpha value is -2.61. The molecule has 2 rings (SSSR count). The highest BCUT2D eigenvalue weighted by molar-refractivity contribution is 6.33. The van der Waals surface area contributed by atoms with E-state index >= 15 is 0 Å². The van der Waals surface area contributed by atoms with Crippen LogP contribution in [0.3, 0.4) is 0 Å². The lowest BCUT2D eigenvalue weighted by Gasteiger charge is -2.21. The molecule has 0 aromatic heterocycles. The fraction of sp³-hybridized carbons (Fsp3) is 0.333. The van der Waals surface area contributed by atoms with Gasteiger partial charge in [-0.15, -0.1) is 0 Å². The number of ether oxygens (including phenoxy) is 2. The molecule has 7 nitrogen and oxygen atoms in total. The molecule has 1 amide bonds. The number of methoxy groups -OCH3 is 1. The van der Waals surface area contributed by atoms with E-state index in [0.29, 0.717) is 27.8 Å². The molecule has 0 radical (unpaired) electrons. The third-order valence-corrected chi connectivity index (χ3v) is 4.41. The number of nitrogens with zero attached hydrogens (tertiary/aromatic N) is 1. The zero-order valence-electron chi connectivity index (χ0n) is 16.6. The highest BCUT2D eigenvalue weighted by atomic mass is 35.5. The number of halogens is 1. The molecule has 0 saturated carbocycles. The molecule has 0 aliphatic carbocycles. The smallest absolute Gasteiger partial charge is 0.238 e. The number of para-hydroxylation sites is 1. The fourth-order valence-corrected chi connectivity index (χ4v) is 2.85. The monoisotopic (exact) mass is 420 g/mol. The second kappa shape index (κ2) is 10.8. The lowest BCUT2D eigenvalue weighted by Crippen LogP contribution is -2.37. The summed E-state index contributed by atoms with van der Waals surface area (Å²) in [6.45, 7) is 1.78. The first kappa shape index (κ1) is 22.7. The topological polar surface area (TPSA) is 88.1 Å². The Morgan fingerprint density at radius 2 is 1.93 bits per heavy atom. The number of likely N-dealkylation sites (N-methyl/N-ethyl adjacent to an activating group) is 1. The Bertz CT molecular complexity index is 859. The molecule has 0 spiro atoms. The Kier molecular flexibility index (Phi) is 8.45. The predicted molar refractivity (Wildman–Crippen MR) is 112 cm³/mol. The number of carbonyl (C=O) groups excluding carboxylic acids is 2. The minimum Gasteiger partial charge on any atom is -0.493 e. The Morgan fingerprint density at radius 3 is 2.59 bits per heavy atom. The first-order chi connectivity index (χ1) is 13.8. The number of anilines is 1. The van der Waals surface area contributed by atoms with Gasteiger partial charge in [-0.2, -0.15) is 0 Å². The van der Waals surface area contributed by atoms with Crippen molar-refractivity contribution >= 4 is 29.0 Å². The van der Waals surface area contributed by atoms with Gasteiger partial charge in [0.1, 0.15) is 12.7 Å². The van der Waals surface area contributed by atoms with Crippen LogP contribution >= 0.6 is 11.6 Å². The van der Waals surface area contributed by atoms with E-state index in [0.717, 1.165) is 0 Å². The number of rotatable bonds is 10. The fourth-order valence-electron chi connectivity index (χ4n) is 2.67. The summed E-state index contributed by atoms with van der Waals surface area (Å²) in [5.74, 6) is 0.523. The van der Waals surface area contributed by atoms with Crippen molar-refractivity contribution in [3.05, 3.63) is 53.1 Å². The number of Topliss-reactive ketones (excluding diaryl/α,β-unsaturated/α-hetero) is 1. The zero-order valence-corrected chi connectivity index (χ0v) is 17.4. The van der Waals surface area contributed by atoms with Crippen LogP contribution in [-0.4, -0.2) is 61.7 Å². The summed E-state index contributed by atoms with van der Waals surface area (Å²) in [5.41, 5.74) is 1.05. The number of benzene rings is 2. The summed E-state index contributed by atoms with van der Waals surface area (Å²) in [5, 5.41) is 13.4. The normalized spacial score (nSPS) is 11.8. The number of ketones is 1. The Morgan fingerprint density at radius 1 is 1.21 bits per heavy atom. The summed E-state index contributed by atoms with van der Waals surface area (Å²) < 4.78 is 10.8. The van der Waals surface area contributed by atoms with Gasteiger partial charge in [0.2, 0.25) is 5.91 Å². The van der Waals surface area contributed by atoms with Gasteiger partial charge in [-0.1, -0.05) is 23.7 Å². The van der Waals surface area contributed by atoms with Crippen molar-refractivity contribution in [2.24, 2.45) is 0 Å². The van der Waals surface area contributed by atoms with Crippen molar-refractivity contribution < 1.29 is 24.2 Å². The van der Waals surface area contributed by atoms with Crippen LogP contribution in [0.1, 0.15) is 17.3 Å². The maximum atomic E-state index is 12.1. The van der Waals surface area contributed by atoms with Gasteiger partial charge in [0.15, 0.2) is 17.3 Å². The van der Waals surface area contributed by atoms with Gasteiger partial charge < -0.3 is 19.9 Å². The molecular weight excluding hydrogens is 396 g/mol. The standard InChI is InChI=1S/C21H25ClN2O5/c1-14(25)15-8-9-19(20(10-15)28-3)29-13-16(26)11-24(2)12-21(27)23-18-7-5-4-6-17(18)22/h4-10,16,26H,11-13H2,1-3H3,(H,23,27). The number of carbonyl (C=O) groups is 2. The van der Waals surface area contributed by atoms with Gasteiger partial charge in [-0.3, -0.25) is 14.5 Å². The first-order valence-corrected chi connectivity index (χ1v) is 9.40. The lowest BCUT2D eigenvalue weighted by molar-refractivity contribution is -0.117. The number of hydrogen-bond acceptors (Lipinski definition) is 6. The number of aliphatic hydroxyl groups excluding tert-OH is 1. The van der Waals surface area contributed by atoms with Crippen LogP contribution in [0.25, 0.3) is 0 Å². The molecule has 2 N–H and O–H groups in total. The molecule has 156 valence electrons. The summed E-state index contributed by atoms with van der Waals surface area (Å²) >= 11 is 6.03. The quantitative estimate of drug-likeness (QED) is 0.574. The van der Waals surface area contributed by atoms with E-state index < -0.39 is 6.10 Å². The van der Waals surface area contributed by atoms with Gasteiger partial charge in [0.05, 0.1) is 24.4 Å². The molecule has 0 saturated heterocycles. The third-order valence-electron chi connectivity index (χ3n) is 4.09. The SMILES string of the molecule is COc1cc(C(C)=O)ccc1OCC(O)CN(C)CC(=O)Nc1ccccc1Cl. The Balaban J connectivity index is 1.82. The number of amides is 1. The van der Waals surface area contributed by atoms with E-state index in [1.165, 1.54) is 14.0 Å². The van der Waals surface area contributed by atoms with Gasteiger partial charge in [-0.05, 0) is 44.3 Å². The van der Waals surface area contributed by atoms with Crippen molar-refractivity contribution in [1.82, 2.24) is 4.90 Å². The molecule has 0 bridgehead atoms. The van der Waals surface area contributed by atoms with Crippen molar-refractivity contribution in [3.8, 4) is 11.5 Å². The number of hydrogen-bond donors (Lipinski definition) is 2. The van der Waals surface area contributed by atoms with E-state index in [1.54, 1.807) is 54.4 Å². The maximum absolute atomic E-state index is 12.1. The van der Waals surface area contributed by atoms with E-state index in [1.807, 2.05) is 0 Å². The molecular formula is C21H25ClN2O5. The van der Waals surface area contributed by atoms with E-state index in [9.17, 15) is 14.7 Å². The van der Waals surface area contributed by atoms with Crippen LogP contribution in [0.15, 0.2) is 42.5 Å². The lowest BCUT2D eigenvalue weighted by atomic mass is 10.1. The van der Waals surface area contributed by atoms with Crippen LogP contribution in [0.2, 0.25) is 5.02 Å². The molecule has 0 aliphatic heterocycles. The minimum absolute atomic E-state index is 0.00620. The van der Waals surface area contributed by atoms with Gasteiger partial charge in [0.25, 0.3) is 0 Å². The summed E-state index contributed by atoms with van der Waals surface area (Å²) in [6.07, 6.45) is -0.828. The maximum Gasteiger partial charge on any atom is 0.238 e. The highest BCUT2D eigenvalue weighted by Crippen LogP contribution is 2.28. The number of nitrogens with one attached hydrogen (secondary N) is 1. The second-order valence-corrected chi connectivity index (χ2v) is 7.02. The summed E-state index contributed by atoms with van der Waals surface area (Å²) in [7, 11) is 3.20. The molecule has 2 aromatic rings. The average molecular weight is 421 g/mol. The Labute approximate surface area is 175 Å². The molecule has 8 heteroatoms. The van der Waals surface area contributed by atoms with Crippen LogP contribution in [0.5, 0.6) is 11.5 Å². The summed E-state index contributed by atoms with van der Waals surface area (Å²) in [4.78, 5) is 25.3. The minimum atomic E-state index is -0.828. The molecule has 0 heterocycles. The van der Waals surface area contributed by atoms with Gasteiger partial charge in [0, 0.05) is 12.1 Å². The van der Waals surface area contributed by atoms with E-state index in [-0.39, 0.29) is 31.4 Å². The van der Waals surface area contributed by atoms with Crippen LogP contribution < -0.4 is 14.8 Å². The highest BCUT2D eigenvalue weighted by Gasteiger charge is 2.15. The second-order valence-electron chi connectivity index (χ2n) is 6.61. The average Bonchev–Trinajstić information content (AvgIpc) is 2.67.